The topological polar surface area (TPSA) is 63.1 Å². The molecule has 0 aliphatic carbocycles. The van der Waals surface area contributed by atoms with Gasteiger partial charge in [-0.25, -0.2) is 0 Å². The minimum Gasteiger partial charge on any atom is -0.343 e. The molecule has 1 aromatic heterocycles. The lowest BCUT2D eigenvalue weighted by Gasteiger charge is -2.10. The van der Waals surface area contributed by atoms with Crippen molar-refractivity contribution in [1.82, 2.24) is 15.4 Å². The molecule has 0 aromatic carbocycles. The second-order valence-corrected chi connectivity index (χ2v) is 6.22. The Morgan fingerprint density at radius 1 is 1.14 bits per heavy atom. The number of hydrogen-bond donors (Lipinski definition) is 2. The molecule has 5 nitrogen and oxygen atoms in total. The van der Waals surface area contributed by atoms with Gasteiger partial charge in [0.15, 0.2) is 0 Å². The molecule has 124 valence electrons. The van der Waals surface area contributed by atoms with Gasteiger partial charge in [0.2, 0.25) is 5.91 Å². The van der Waals surface area contributed by atoms with Crippen molar-refractivity contribution in [3.63, 3.8) is 0 Å². The van der Waals surface area contributed by atoms with Crippen LogP contribution >= 0.6 is 15.9 Å². The molecule has 22 heavy (non-hydrogen) atoms. The summed E-state index contributed by atoms with van der Waals surface area (Å²) in [5.74, 6) is -0.451. The quantitative estimate of drug-likeness (QED) is 0.540. The normalized spacial score (nSPS) is 10.5. The lowest BCUT2D eigenvalue weighted by atomic mass is 10.1. The minimum atomic E-state index is -0.304. The van der Waals surface area contributed by atoms with Crippen LogP contribution in [0.15, 0.2) is 10.7 Å². The predicted molar refractivity (Wildman–Crippen MR) is 91.5 cm³/mol. The van der Waals surface area contributed by atoms with Gasteiger partial charge in [-0.1, -0.05) is 32.6 Å². The highest BCUT2D eigenvalue weighted by Gasteiger charge is 2.18. The number of carbonyl (C=O) groups excluding carboxylic acids is 2. The Hall–Kier alpha value is -1.30. The molecule has 1 rings (SSSR count). The van der Waals surface area contributed by atoms with E-state index in [1.165, 1.54) is 12.8 Å². The van der Waals surface area contributed by atoms with Crippen molar-refractivity contribution in [2.24, 2.45) is 0 Å². The third kappa shape index (κ3) is 5.48. The number of amides is 2. The van der Waals surface area contributed by atoms with Gasteiger partial charge in [-0.3, -0.25) is 20.4 Å². The molecule has 1 aromatic rings. The smallest absolute Gasteiger partial charge is 0.287 e. The Balaban J connectivity index is 2.41. The van der Waals surface area contributed by atoms with Gasteiger partial charge in [-0.15, -0.1) is 0 Å². The third-order valence-electron chi connectivity index (χ3n) is 3.57. The van der Waals surface area contributed by atoms with Gasteiger partial charge in [-0.05, 0) is 41.8 Å². The lowest BCUT2D eigenvalue weighted by molar-refractivity contribution is -0.122. The monoisotopic (exact) mass is 371 g/mol. The predicted octanol–water partition coefficient (Wildman–Crippen LogP) is 3.70. The maximum absolute atomic E-state index is 12.2. The van der Waals surface area contributed by atoms with Crippen LogP contribution in [0.2, 0.25) is 0 Å². The van der Waals surface area contributed by atoms with Gasteiger partial charge in [0.05, 0.1) is 4.47 Å². The van der Waals surface area contributed by atoms with Crippen LogP contribution in [-0.4, -0.2) is 16.4 Å². The first-order valence-electron chi connectivity index (χ1n) is 7.95. The minimum absolute atomic E-state index is 0.146. The van der Waals surface area contributed by atoms with E-state index in [9.17, 15) is 9.59 Å². The summed E-state index contributed by atoms with van der Waals surface area (Å²) in [6.07, 6.45) is 7.82. The summed E-state index contributed by atoms with van der Waals surface area (Å²) in [4.78, 5) is 23.9. The lowest BCUT2D eigenvalue weighted by Crippen LogP contribution is -2.42. The van der Waals surface area contributed by atoms with Crippen LogP contribution in [0.1, 0.15) is 68.4 Å². The molecule has 0 spiro atoms. The Labute approximate surface area is 140 Å². The maximum Gasteiger partial charge on any atom is 0.287 e. The highest BCUT2D eigenvalue weighted by atomic mass is 79.9. The molecule has 0 saturated carbocycles. The van der Waals surface area contributed by atoms with E-state index in [2.05, 4.69) is 33.7 Å². The molecule has 0 unspecified atom stereocenters. The van der Waals surface area contributed by atoms with Gasteiger partial charge >= 0.3 is 0 Å². The van der Waals surface area contributed by atoms with E-state index < -0.39 is 0 Å². The van der Waals surface area contributed by atoms with Gasteiger partial charge in [0.1, 0.15) is 5.69 Å². The van der Waals surface area contributed by atoms with Crippen molar-refractivity contribution in [2.45, 2.75) is 65.8 Å². The number of aromatic nitrogens is 1. The SMILES string of the molecule is CCCCCCCC(=O)NNC(=O)c1c(Br)c(C)cn1CC. The molecule has 0 saturated heterocycles. The Bertz CT molecular complexity index is 512. The number of hydrogen-bond acceptors (Lipinski definition) is 2. The van der Waals surface area contributed by atoms with E-state index >= 15 is 0 Å². The molecule has 2 N–H and O–H groups in total. The number of nitrogens with one attached hydrogen (secondary N) is 2. The molecule has 0 atom stereocenters. The van der Waals surface area contributed by atoms with Crippen molar-refractivity contribution in [3.05, 3.63) is 21.9 Å². The Kier molecular flexibility index (Phi) is 8.24. The molecular weight excluding hydrogens is 346 g/mol. The summed E-state index contributed by atoms with van der Waals surface area (Å²) in [6, 6.07) is 0. The van der Waals surface area contributed by atoms with E-state index in [4.69, 9.17) is 0 Å². The number of rotatable bonds is 8. The van der Waals surface area contributed by atoms with Crippen LogP contribution in [0.5, 0.6) is 0 Å². The number of unbranched alkanes of at least 4 members (excludes halogenated alkanes) is 4. The summed E-state index contributed by atoms with van der Waals surface area (Å²) >= 11 is 3.42. The van der Waals surface area contributed by atoms with Crippen LogP contribution in [0, 0.1) is 6.92 Å². The number of nitrogens with zero attached hydrogens (tertiary/aromatic N) is 1. The van der Waals surface area contributed by atoms with Crippen molar-refractivity contribution < 1.29 is 9.59 Å². The first-order chi connectivity index (χ1) is 10.5. The van der Waals surface area contributed by atoms with E-state index in [0.717, 1.165) is 29.3 Å². The summed E-state index contributed by atoms with van der Waals surface area (Å²) in [6.45, 7) is 6.76. The first kappa shape index (κ1) is 18.7. The average molecular weight is 372 g/mol. The molecular formula is C16H26BrN3O2. The summed E-state index contributed by atoms with van der Waals surface area (Å²) in [5.41, 5.74) is 6.50. The number of carbonyl (C=O) groups is 2. The molecule has 0 bridgehead atoms. The molecule has 0 radical (unpaired) electrons. The van der Waals surface area contributed by atoms with E-state index in [1.54, 1.807) is 0 Å². The van der Waals surface area contributed by atoms with Crippen LogP contribution in [0.3, 0.4) is 0 Å². The molecule has 0 aliphatic heterocycles. The number of hydrazine groups is 1. The fraction of sp³-hybridized carbons (Fsp3) is 0.625. The van der Waals surface area contributed by atoms with Crippen LogP contribution in [-0.2, 0) is 11.3 Å². The molecule has 0 aliphatic rings. The molecule has 1 heterocycles. The van der Waals surface area contributed by atoms with E-state index in [0.29, 0.717) is 18.7 Å². The number of halogens is 1. The zero-order chi connectivity index (χ0) is 16.5. The van der Waals surface area contributed by atoms with E-state index in [1.807, 2.05) is 24.6 Å². The van der Waals surface area contributed by atoms with Crippen LogP contribution < -0.4 is 10.9 Å². The van der Waals surface area contributed by atoms with Crippen molar-refractivity contribution >= 4 is 27.7 Å². The zero-order valence-electron chi connectivity index (χ0n) is 13.7. The average Bonchev–Trinajstić information content (AvgIpc) is 2.79. The summed E-state index contributed by atoms with van der Waals surface area (Å²) in [5, 5.41) is 0. The summed E-state index contributed by atoms with van der Waals surface area (Å²) < 4.78 is 2.62. The standard InChI is InChI=1S/C16H26BrN3O2/c1-4-6-7-8-9-10-13(21)18-19-16(22)15-14(17)12(3)11-20(15)5-2/h11H,4-10H2,1-3H3,(H,18,21)(H,19,22). The highest BCUT2D eigenvalue weighted by Crippen LogP contribution is 2.23. The third-order valence-corrected chi connectivity index (χ3v) is 4.57. The summed E-state index contributed by atoms with van der Waals surface area (Å²) in [7, 11) is 0. The fourth-order valence-corrected chi connectivity index (χ4v) is 2.79. The van der Waals surface area contributed by atoms with Gasteiger partial charge < -0.3 is 4.57 Å². The zero-order valence-corrected chi connectivity index (χ0v) is 15.3. The Morgan fingerprint density at radius 3 is 2.45 bits per heavy atom. The molecule has 6 heteroatoms. The second-order valence-electron chi connectivity index (χ2n) is 5.43. The fourth-order valence-electron chi connectivity index (χ4n) is 2.28. The first-order valence-corrected chi connectivity index (χ1v) is 8.74. The van der Waals surface area contributed by atoms with Crippen molar-refractivity contribution in [3.8, 4) is 0 Å². The highest BCUT2D eigenvalue weighted by molar-refractivity contribution is 9.10. The van der Waals surface area contributed by atoms with Crippen LogP contribution in [0.4, 0.5) is 0 Å². The molecule has 0 fully saturated rings. The maximum atomic E-state index is 12.2. The van der Waals surface area contributed by atoms with Crippen LogP contribution in [0.25, 0.3) is 0 Å². The van der Waals surface area contributed by atoms with E-state index in [-0.39, 0.29) is 11.8 Å². The number of aryl methyl sites for hydroxylation is 2. The Morgan fingerprint density at radius 2 is 1.82 bits per heavy atom. The van der Waals surface area contributed by atoms with Crippen molar-refractivity contribution in [2.75, 3.05) is 0 Å². The van der Waals surface area contributed by atoms with Gasteiger partial charge in [0, 0.05) is 19.2 Å². The largest absolute Gasteiger partial charge is 0.343 e. The van der Waals surface area contributed by atoms with Gasteiger partial charge in [-0.2, -0.15) is 0 Å². The molecule has 2 amide bonds. The van der Waals surface area contributed by atoms with Gasteiger partial charge in [0.25, 0.3) is 5.91 Å². The van der Waals surface area contributed by atoms with Crippen molar-refractivity contribution in [1.29, 1.82) is 0 Å². The second kappa shape index (κ2) is 9.66.